The first-order valence-electron chi connectivity index (χ1n) is 23.6. The molecule has 0 amide bonds. The van der Waals surface area contributed by atoms with Gasteiger partial charge in [-0.3, -0.25) is 4.79 Å². The van der Waals surface area contributed by atoms with Crippen molar-refractivity contribution in [2.24, 2.45) is 98.1 Å². The lowest BCUT2D eigenvalue weighted by molar-refractivity contribution is -0.141. The molecule has 8 saturated carbocycles. The highest BCUT2D eigenvalue weighted by Gasteiger charge is 2.76. The Kier molecular flexibility index (Phi) is 10.3. The number of carbonyl (C=O) groups is 1. The second-order valence-corrected chi connectivity index (χ2v) is 22.9. The number of aliphatic hydroxyl groups excluding tert-OH is 1. The molecule has 9 aliphatic rings. The van der Waals surface area contributed by atoms with Crippen LogP contribution in [0.4, 0.5) is 0 Å². The van der Waals surface area contributed by atoms with Crippen LogP contribution in [0.15, 0.2) is 11.6 Å². The minimum absolute atomic E-state index is 0.0326. The zero-order valence-corrected chi connectivity index (χ0v) is 36.0. The molecule has 8 fully saturated rings. The molecule has 1 spiro atoms. The number of aliphatic hydroxyl groups is 1. The van der Waals surface area contributed by atoms with E-state index in [-0.39, 0.29) is 12.1 Å². The predicted molar refractivity (Wildman–Crippen MR) is 218 cm³/mol. The lowest BCUT2D eigenvalue weighted by Crippen LogP contribution is -2.54. The Balaban J connectivity index is 0.000000152. The first kappa shape index (κ1) is 39.0. The molecule has 300 valence electrons. The molecule has 0 aromatic carbocycles. The summed E-state index contributed by atoms with van der Waals surface area (Å²) in [5, 5.41) is 10.2. The molecule has 0 radical (unpaired) electrons. The molecular formula is C50H82O3. The summed E-state index contributed by atoms with van der Waals surface area (Å²) in [6.07, 6.45) is 29.1. The minimum Gasteiger partial charge on any atom is -0.469 e. The van der Waals surface area contributed by atoms with Crippen LogP contribution >= 0.6 is 0 Å². The van der Waals surface area contributed by atoms with Gasteiger partial charge in [-0.1, -0.05) is 79.9 Å². The molecular weight excluding hydrogens is 649 g/mol. The third kappa shape index (κ3) is 5.79. The van der Waals surface area contributed by atoms with Crippen molar-refractivity contribution in [2.45, 2.75) is 190 Å². The number of ether oxygens (including phenoxy) is 1. The fourth-order valence-electron chi connectivity index (χ4n) is 18.7. The fraction of sp³-hybridized carbons (Fsp3) is 0.940. The second kappa shape index (κ2) is 13.9. The van der Waals surface area contributed by atoms with E-state index in [1.165, 1.54) is 103 Å². The zero-order chi connectivity index (χ0) is 37.7. The number of allylic oxidation sites excluding steroid dienone is 1. The van der Waals surface area contributed by atoms with Crippen molar-refractivity contribution in [1.82, 2.24) is 0 Å². The average molecular weight is 731 g/mol. The van der Waals surface area contributed by atoms with Gasteiger partial charge in [-0.25, -0.2) is 0 Å². The van der Waals surface area contributed by atoms with Crippen LogP contribution in [0.5, 0.6) is 0 Å². The predicted octanol–water partition coefficient (Wildman–Crippen LogP) is 12.8. The van der Waals surface area contributed by atoms with Gasteiger partial charge in [-0.2, -0.15) is 0 Å². The number of hydrogen-bond acceptors (Lipinski definition) is 3. The average Bonchev–Trinajstić information content (AvgIpc) is 3.43. The van der Waals surface area contributed by atoms with E-state index in [0.29, 0.717) is 34.0 Å². The fourth-order valence-corrected chi connectivity index (χ4v) is 18.7. The maximum atomic E-state index is 11.7. The maximum Gasteiger partial charge on any atom is 0.305 e. The van der Waals surface area contributed by atoms with Crippen molar-refractivity contribution >= 4 is 5.97 Å². The van der Waals surface area contributed by atoms with Gasteiger partial charge >= 0.3 is 5.97 Å². The van der Waals surface area contributed by atoms with E-state index in [9.17, 15) is 9.90 Å². The van der Waals surface area contributed by atoms with E-state index >= 15 is 0 Å². The molecule has 0 heterocycles. The Labute approximate surface area is 326 Å². The molecule has 18 atom stereocenters. The number of esters is 1. The third-order valence-electron chi connectivity index (χ3n) is 21.4. The van der Waals surface area contributed by atoms with E-state index in [4.69, 9.17) is 4.74 Å². The Morgan fingerprint density at radius 2 is 1.45 bits per heavy atom. The maximum absolute atomic E-state index is 11.7. The van der Waals surface area contributed by atoms with Gasteiger partial charge in [-0.15, -0.1) is 0 Å². The van der Waals surface area contributed by atoms with Crippen LogP contribution < -0.4 is 0 Å². The smallest absolute Gasteiger partial charge is 0.305 e. The van der Waals surface area contributed by atoms with E-state index in [1.807, 2.05) is 0 Å². The summed E-state index contributed by atoms with van der Waals surface area (Å²) >= 11 is 0. The van der Waals surface area contributed by atoms with Crippen LogP contribution in [0, 0.1) is 98.1 Å². The number of hydrogen-bond donors (Lipinski definition) is 1. The van der Waals surface area contributed by atoms with Crippen molar-refractivity contribution < 1.29 is 14.6 Å². The standard InChI is InChI=1S/C26H42O2.C24H40O/c1-16(6-9-23(27)28-5)20-7-8-21-19-14-17(2)26-15-18(26)10-13-25(26,4)22(19)11-12-24(20,21)3;1-5-6-16(2)20-9-10-21-19-8-7-17-15-18(25)11-13-23(17,3)22(19)12-14-24(20,21)4/h16-22H,6-15H2,1-5H3;7,16,18-22,25H,5-6,8-15H2,1-4H3/t16-,17-,18-,19?,20?,21?,22?,24-,25-,26?;16-,18+,19?,20?,21?,22?,23+,24-/m11/s1. The minimum atomic E-state index is -0.0736. The second-order valence-electron chi connectivity index (χ2n) is 22.9. The lowest BCUT2D eigenvalue weighted by Gasteiger charge is -2.61. The van der Waals surface area contributed by atoms with Gasteiger partial charge in [0, 0.05) is 6.42 Å². The summed E-state index contributed by atoms with van der Waals surface area (Å²) in [5.41, 5.74) is 4.52. The summed E-state index contributed by atoms with van der Waals surface area (Å²) in [6, 6.07) is 0. The summed E-state index contributed by atoms with van der Waals surface area (Å²) in [4.78, 5) is 11.7. The Bertz CT molecular complexity index is 1400. The SMILES string of the molecule is CCC[C@@H](C)C1CCC2C3CC=C4C[C@@H](O)CC[C@]4(C)C3CC[C@@]21C.COC(=O)CC[C@@H](C)C1CCC2C3C[C@@H](C)C45C[C@H]4CC[C@]5(C)C3CC[C@@]21C. The number of methoxy groups -OCH3 is 1. The van der Waals surface area contributed by atoms with Crippen LogP contribution in [0.1, 0.15) is 184 Å². The van der Waals surface area contributed by atoms with E-state index in [2.05, 4.69) is 61.5 Å². The zero-order valence-electron chi connectivity index (χ0n) is 36.0. The molecule has 0 aromatic heterocycles. The van der Waals surface area contributed by atoms with E-state index in [1.54, 1.807) is 12.0 Å². The lowest BCUT2D eigenvalue weighted by atomic mass is 9.44. The molecule has 3 heteroatoms. The monoisotopic (exact) mass is 731 g/mol. The van der Waals surface area contributed by atoms with Gasteiger partial charge in [0.05, 0.1) is 13.2 Å². The van der Waals surface area contributed by atoms with E-state index in [0.717, 1.165) is 89.8 Å². The van der Waals surface area contributed by atoms with Gasteiger partial charge in [-0.05, 0) is 207 Å². The van der Waals surface area contributed by atoms with E-state index < -0.39 is 0 Å². The van der Waals surface area contributed by atoms with Crippen molar-refractivity contribution in [1.29, 1.82) is 0 Å². The normalized spacial score (nSPS) is 52.8. The number of carbonyl (C=O) groups excluding carboxylic acids is 1. The van der Waals surface area contributed by atoms with Crippen LogP contribution in [-0.4, -0.2) is 24.3 Å². The molecule has 9 rings (SSSR count). The molecule has 1 N–H and O–H groups in total. The molecule has 53 heavy (non-hydrogen) atoms. The van der Waals surface area contributed by atoms with Crippen molar-refractivity contribution in [3.63, 3.8) is 0 Å². The summed E-state index contributed by atoms with van der Waals surface area (Å²) in [7, 11) is 1.52. The largest absolute Gasteiger partial charge is 0.469 e. The van der Waals surface area contributed by atoms with Gasteiger partial charge in [0.25, 0.3) is 0 Å². The van der Waals surface area contributed by atoms with Crippen molar-refractivity contribution in [3.8, 4) is 0 Å². The molecule has 0 aliphatic heterocycles. The highest BCUT2D eigenvalue weighted by Crippen LogP contribution is 2.83. The summed E-state index contributed by atoms with van der Waals surface area (Å²) < 4.78 is 4.90. The van der Waals surface area contributed by atoms with Gasteiger partial charge in [0.1, 0.15) is 0 Å². The van der Waals surface area contributed by atoms with Gasteiger partial charge < -0.3 is 9.84 Å². The molecule has 9 unspecified atom stereocenters. The Morgan fingerprint density at radius 1 is 0.811 bits per heavy atom. The molecule has 9 aliphatic carbocycles. The van der Waals surface area contributed by atoms with Crippen LogP contribution in [0.3, 0.4) is 0 Å². The van der Waals surface area contributed by atoms with Crippen LogP contribution in [0.25, 0.3) is 0 Å². The van der Waals surface area contributed by atoms with Crippen LogP contribution in [0.2, 0.25) is 0 Å². The highest BCUT2D eigenvalue weighted by molar-refractivity contribution is 5.69. The molecule has 0 saturated heterocycles. The Morgan fingerprint density at radius 3 is 2.09 bits per heavy atom. The third-order valence-corrected chi connectivity index (χ3v) is 21.4. The molecule has 0 bridgehead atoms. The number of fused-ring (bicyclic) bond motifs is 9. The summed E-state index contributed by atoms with van der Waals surface area (Å²) in [6.45, 7) is 20.5. The first-order valence-corrected chi connectivity index (χ1v) is 23.6. The first-order chi connectivity index (χ1) is 25.2. The van der Waals surface area contributed by atoms with Crippen molar-refractivity contribution in [3.05, 3.63) is 11.6 Å². The van der Waals surface area contributed by atoms with Crippen LogP contribution in [-0.2, 0) is 9.53 Å². The Hall–Kier alpha value is -0.830. The summed E-state index contributed by atoms with van der Waals surface area (Å²) in [5.74, 6) is 11.0. The van der Waals surface area contributed by atoms with Crippen molar-refractivity contribution in [2.75, 3.05) is 7.11 Å². The quantitative estimate of drug-likeness (QED) is 0.210. The topological polar surface area (TPSA) is 46.5 Å². The highest BCUT2D eigenvalue weighted by atomic mass is 16.5. The molecule has 3 nitrogen and oxygen atoms in total. The van der Waals surface area contributed by atoms with Gasteiger partial charge in [0.2, 0.25) is 0 Å². The number of rotatable bonds is 7. The molecule has 0 aromatic rings. The van der Waals surface area contributed by atoms with Gasteiger partial charge in [0.15, 0.2) is 0 Å².